The molecule has 0 amide bonds. The van der Waals surface area contributed by atoms with E-state index in [0.29, 0.717) is 60.7 Å². The molecule has 2 aromatic carbocycles. The van der Waals surface area contributed by atoms with Crippen molar-refractivity contribution < 1.29 is 17.9 Å². The fourth-order valence-corrected chi connectivity index (χ4v) is 7.32. The van der Waals surface area contributed by atoms with Gasteiger partial charge >= 0.3 is 5.97 Å². The van der Waals surface area contributed by atoms with Crippen molar-refractivity contribution >= 4 is 43.3 Å². The summed E-state index contributed by atoms with van der Waals surface area (Å²) in [5.74, 6) is -0.580. The number of hydrogen-bond acceptors (Lipinski definition) is 8. The molecule has 1 unspecified atom stereocenters. The van der Waals surface area contributed by atoms with Gasteiger partial charge in [-0.3, -0.25) is 9.59 Å². The molecule has 5 rings (SSSR count). The molecule has 0 N–H and O–H groups in total. The van der Waals surface area contributed by atoms with Gasteiger partial charge in [0.05, 0.1) is 35.0 Å². The van der Waals surface area contributed by atoms with Gasteiger partial charge in [0.15, 0.2) is 0 Å². The fraction of sp³-hybridized carbons (Fsp3) is 0.393. The molecule has 10 nitrogen and oxygen atoms in total. The summed E-state index contributed by atoms with van der Waals surface area (Å²) in [5.41, 5.74) is 1.47. The lowest BCUT2D eigenvalue weighted by Crippen LogP contribution is -2.50. The number of ether oxygens (including phenoxy) is 1. The van der Waals surface area contributed by atoms with Crippen LogP contribution >= 0.6 is 15.9 Å². The highest BCUT2D eigenvalue weighted by Crippen LogP contribution is 2.31. The van der Waals surface area contributed by atoms with Crippen LogP contribution in [0.1, 0.15) is 19.8 Å². The summed E-state index contributed by atoms with van der Waals surface area (Å²) in [6.45, 7) is 4.41. The minimum absolute atomic E-state index is 0.237. The molecular weight excluding hydrogens is 598 g/mol. The van der Waals surface area contributed by atoms with E-state index in [2.05, 4.69) is 21.0 Å². The van der Waals surface area contributed by atoms with Gasteiger partial charge in [-0.15, -0.1) is 0 Å². The van der Waals surface area contributed by atoms with E-state index in [1.165, 1.54) is 8.99 Å². The van der Waals surface area contributed by atoms with Gasteiger partial charge in [-0.1, -0.05) is 40.2 Å². The molecular formula is C28H32BrN5O5S. The maximum Gasteiger partial charge on any atom is 0.310 e. The van der Waals surface area contributed by atoms with Crippen LogP contribution in [0, 0.1) is 5.92 Å². The Morgan fingerprint density at radius 2 is 1.77 bits per heavy atom. The number of para-hydroxylation sites is 1. The Balaban J connectivity index is 1.46. The van der Waals surface area contributed by atoms with E-state index >= 15 is 0 Å². The molecule has 2 fully saturated rings. The van der Waals surface area contributed by atoms with Gasteiger partial charge < -0.3 is 14.5 Å². The van der Waals surface area contributed by atoms with Crippen molar-refractivity contribution in [2.75, 3.05) is 55.7 Å². The number of carbonyl (C=O) groups excluding carboxylic acids is 1. The van der Waals surface area contributed by atoms with Crippen molar-refractivity contribution in [3.8, 4) is 5.69 Å². The summed E-state index contributed by atoms with van der Waals surface area (Å²) in [6, 6.07) is 15.9. The number of anilines is 2. The van der Waals surface area contributed by atoms with E-state index in [-0.39, 0.29) is 35.4 Å². The topological polar surface area (TPSA) is 105 Å². The van der Waals surface area contributed by atoms with Crippen molar-refractivity contribution in [3.63, 3.8) is 0 Å². The third-order valence-electron chi connectivity index (χ3n) is 7.30. The Bertz CT molecular complexity index is 1520. The zero-order valence-corrected chi connectivity index (χ0v) is 24.7. The number of piperidine rings is 1. The van der Waals surface area contributed by atoms with E-state index in [1.807, 2.05) is 40.1 Å². The van der Waals surface area contributed by atoms with E-state index in [1.54, 1.807) is 37.4 Å². The quantitative estimate of drug-likeness (QED) is 0.367. The molecule has 1 atom stereocenters. The van der Waals surface area contributed by atoms with Crippen LogP contribution in [0.3, 0.4) is 0 Å². The maximum atomic E-state index is 14.0. The molecule has 1 aromatic heterocycles. The standard InChI is InChI=1S/C28H32BrN5O5S/c1-2-39-28(36)21-8-7-13-32(20-21)26-25(19-30-34(27(26)35)23-10-4-3-5-11-23)31-14-16-33(17-15-31)40(37,38)24-12-6-9-22(29)18-24/h3-6,9-12,18-19,21H,2,7-8,13-17,20H2,1H3. The largest absolute Gasteiger partial charge is 0.466 e. The maximum absolute atomic E-state index is 14.0. The van der Waals surface area contributed by atoms with E-state index in [0.717, 1.165) is 6.42 Å². The molecule has 0 spiro atoms. The smallest absolute Gasteiger partial charge is 0.310 e. The van der Waals surface area contributed by atoms with Gasteiger partial charge in [-0.05, 0) is 50.1 Å². The normalized spacial score (nSPS) is 18.5. The average Bonchev–Trinajstić information content (AvgIpc) is 2.97. The van der Waals surface area contributed by atoms with Crippen LogP contribution in [0.5, 0.6) is 0 Å². The lowest BCUT2D eigenvalue weighted by molar-refractivity contribution is -0.148. The van der Waals surface area contributed by atoms with Crippen LogP contribution in [0.15, 0.2) is 75.0 Å². The molecule has 2 saturated heterocycles. The highest BCUT2D eigenvalue weighted by molar-refractivity contribution is 9.10. The molecule has 0 bridgehead atoms. The second kappa shape index (κ2) is 12.1. The molecule has 3 aromatic rings. The fourth-order valence-electron chi connectivity index (χ4n) is 5.30. The number of aromatic nitrogens is 2. The molecule has 40 heavy (non-hydrogen) atoms. The molecule has 3 heterocycles. The van der Waals surface area contributed by atoms with Crippen LogP contribution in [0.2, 0.25) is 0 Å². The Morgan fingerprint density at radius 1 is 1.02 bits per heavy atom. The highest BCUT2D eigenvalue weighted by atomic mass is 79.9. The molecule has 212 valence electrons. The first-order valence-electron chi connectivity index (χ1n) is 13.4. The van der Waals surface area contributed by atoms with Gasteiger partial charge in [-0.2, -0.15) is 14.1 Å². The number of piperazine rings is 1. The Kier molecular flexibility index (Phi) is 8.57. The third-order valence-corrected chi connectivity index (χ3v) is 9.69. The number of benzene rings is 2. The minimum Gasteiger partial charge on any atom is -0.466 e. The Morgan fingerprint density at radius 3 is 2.48 bits per heavy atom. The Hall–Kier alpha value is -3.22. The lowest BCUT2D eigenvalue weighted by atomic mass is 9.97. The summed E-state index contributed by atoms with van der Waals surface area (Å²) in [5, 5.41) is 4.49. The second-order valence-corrected chi connectivity index (χ2v) is 12.7. The molecule has 2 aliphatic heterocycles. The number of nitrogens with zero attached hydrogens (tertiary/aromatic N) is 5. The minimum atomic E-state index is -3.66. The SMILES string of the molecule is CCOC(=O)C1CCCN(c2c(N3CCN(S(=O)(=O)c4cccc(Br)c4)CC3)cnn(-c3ccccc3)c2=O)C1. The number of rotatable bonds is 7. The van der Waals surface area contributed by atoms with Crippen molar-refractivity contribution in [1.29, 1.82) is 0 Å². The van der Waals surface area contributed by atoms with Gasteiger partial charge in [0.25, 0.3) is 5.56 Å². The van der Waals surface area contributed by atoms with Crippen LogP contribution < -0.4 is 15.4 Å². The van der Waals surface area contributed by atoms with Crippen LogP contribution in [-0.4, -0.2) is 74.3 Å². The number of sulfonamides is 1. The summed E-state index contributed by atoms with van der Waals surface area (Å²) < 4.78 is 35.4. The van der Waals surface area contributed by atoms with Crippen LogP contribution in [-0.2, 0) is 19.6 Å². The van der Waals surface area contributed by atoms with E-state index in [4.69, 9.17) is 4.74 Å². The molecule has 0 saturated carbocycles. The first kappa shape index (κ1) is 28.3. The van der Waals surface area contributed by atoms with Crippen LogP contribution in [0.25, 0.3) is 5.69 Å². The first-order chi connectivity index (χ1) is 19.3. The molecule has 0 aliphatic carbocycles. The van der Waals surface area contributed by atoms with Crippen LogP contribution in [0.4, 0.5) is 11.4 Å². The van der Waals surface area contributed by atoms with Crippen molar-refractivity contribution in [1.82, 2.24) is 14.1 Å². The predicted octanol–water partition coefficient (Wildman–Crippen LogP) is 3.29. The molecule has 12 heteroatoms. The third kappa shape index (κ3) is 5.79. The van der Waals surface area contributed by atoms with Gasteiger partial charge in [0, 0.05) is 43.7 Å². The van der Waals surface area contributed by atoms with Crippen molar-refractivity contribution in [2.24, 2.45) is 5.92 Å². The number of carbonyl (C=O) groups is 1. The summed E-state index contributed by atoms with van der Waals surface area (Å²) in [4.78, 5) is 30.8. The van der Waals surface area contributed by atoms with Gasteiger partial charge in [0.1, 0.15) is 5.69 Å². The Labute approximate surface area is 242 Å². The van der Waals surface area contributed by atoms with Gasteiger partial charge in [0.2, 0.25) is 10.0 Å². The number of esters is 1. The van der Waals surface area contributed by atoms with Gasteiger partial charge in [-0.25, -0.2) is 8.42 Å². The highest BCUT2D eigenvalue weighted by Gasteiger charge is 2.34. The average molecular weight is 631 g/mol. The van der Waals surface area contributed by atoms with Crippen molar-refractivity contribution in [3.05, 3.63) is 75.6 Å². The summed E-state index contributed by atoms with van der Waals surface area (Å²) in [7, 11) is -3.66. The van der Waals surface area contributed by atoms with E-state index in [9.17, 15) is 18.0 Å². The zero-order valence-electron chi connectivity index (χ0n) is 22.3. The number of hydrogen-bond donors (Lipinski definition) is 0. The zero-order chi connectivity index (χ0) is 28.3. The summed E-state index contributed by atoms with van der Waals surface area (Å²) >= 11 is 3.35. The lowest BCUT2D eigenvalue weighted by Gasteiger charge is -2.39. The van der Waals surface area contributed by atoms with E-state index < -0.39 is 10.0 Å². The van der Waals surface area contributed by atoms with Crippen molar-refractivity contribution in [2.45, 2.75) is 24.7 Å². The first-order valence-corrected chi connectivity index (χ1v) is 15.6. The second-order valence-electron chi connectivity index (χ2n) is 9.82. The molecule has 0 radical (unpaired) electrons. The predicted molar refractivity (Wildman–Crippen MR) is 157 cm³/mol. The monoisotopic (exact) mass is 629 g/mol. The summed E-state index contributed by atoms with van der Waals surface area (Å²) in [6.07, 6.45) is 3.12. The number of halogens is 1. The molecule has 2 aliphatic rings.